The Hall–Kier alpha value is -1.13. The van der Waals surface area contributed by atoms with E-state index in [-0.39, 0.29) is 5.78 Å². The van der Waals surface area contributed by atoms with Gasteiger partial charge in [0.2, 0.25) is 0 Å². The predicted molar refractivity (Wildman–Crippen MR) is 76.1 cm³/mol. The molecule has 0 saturated carbocycles. The summed E-state index contributed by atoms with van der Waals surface area (Å²) >= 11 is 6.65. The first kappa shape index (κ1) is 12.3. The van der Waals surface area contributed by atoms with E-state index in [1.807, 2.05) is 18.2 Å². The Morgan fingerprint density at radius 3 is 2.12 bits per heavy atom. The van der Waals surface area contributed by atoms with E-state index in [0.29, 0.717) is 16.8 Å². The number of nitrogen functional groups attached to an aromatic ring is 1. The summed E-state index contributed by atoms with van der Waals surface area (Å²) in [6, 6.07) is 12.5. The van der Waals surface area contributed by atoms with E-state index in [0.717, 1.165) is 8.95 Å². The molecular formula is C13H9Br2NO. The van der Waals surface area contributed by atoms with Gasteiger partial charge in [-0.3, -0.25) is 4.79 Å². The number of hydrogen-bond acceptors (Lipinski definition) is 2. The van der Waals surface area contributed by atoms with Crippen LogP contribution in [0, 0.1) is 0 Å². The largest absolute Gasteiger partial charge is 0.398 e. The Kier molecular flexibility index (Phi) is 3.64. The maximum Gasteiger partial charge on any atom is 0.195 e. The van der Waals surface area contributed by atoms with Crippen LogP contribution in [0.4, 0.5) is 5.69 Å². The lowest BCUT2D eigenvalue weighted by Crippen LogP contribution is -2.05. The summed E-state index contributed by atoms with van der Waals surface area (Å²) < 4.78 is 1.81. The van der Waals surface area contributed by atoms with Gasteiger partial charge in [0.15, 0.2) is 5.78 Å². The van der Waals surface area contributed by atoms with Crippen LogP contribution in [0.5, 0.6) is 0 Å². The molecule has 0 atom stereocenters. The van der Waals surface area contributed by atoms with Crippen LogP contribution < -0.4 is 5.73 Å². The van der Waals surface area contributed by atoms with E-state index < -0.39 is 0 Å². The first-order valence-corrected chi connectivity index (χ1v) is 6.52. The van der Waals surface area contributed by atoms with Gasteiger partial charge in [-0.1, -0.05) is 31.9 Å². The molecule has 0 heterocycles. The number of carbonyl (C=O) groups excluding carboxylic acids is 1. The second-order valence-electron chi connectivity index (χ2n) is 3.57. The van der Waals surface area contributed by atoms with Gasteiger partial charge >= 0.3 is 0 Å². The van der Waals surface area contributed by atoms with Crippen molar-refractivity contribution in [3.63, 3.8) is 0 Å². The SMILES string of the molecule is Nc1cc(Br)ccc1C(=O)c1ccc(Br)cc1. The van der Waals surface area contributed by atoms with Gasteiger partial charge in [0.05, 0.1) is 0 Å². The molecule has 0 amide bonds. The Morgan fingerprint density at radius 2 is 1.53 bits per heavy atom. The van der Waals surface area contributed by atoms with E-state index in [1.54, 1.807) is 24.3 Å². The molecule has 0 spiro atoms. The molecule has 2 aromatic rings. The standard InChI is InChI=1S/C13H9Br2NO/c14-9-3-1-8(2-4-9)13(17)11-6-5-10(15)7-12(11)16/h1-7H,16H2. The third-order valence-electron chi connectivity index (χ3n) is 2.36. The summed E-state index contributed by atoms with van der Waals surface area (Å²) in [6.45, 7) is 0. The summed E-state index contributed by atoms with van der Waals surface area (Å²) in [7, 11) is 0. The number of halogens is 2. The summed E-state index contributed by atoms with van der Waals surface area (Å²) in [4.78, 5) is 12.2. The van der Waals surface area contributed by atoms with Gasteiger partial charge in [0.1, 0.15) is 0 Å². The molecule has 0 aliphatic rings. The van der Waals surface area contributed by atoms with E-state index in [1.165, 1.54) is 0 Å². The molecule has 0 fully saturated rings. The fourth-order valence-electron chi connectivity index (χ4n) is 1.50. The van der Waals surface area contributed by atoms with Crippen molar-refractivity contribution in [3.05, 3.63) is 62.5 Å². The highest BCUT2D eigenvalue weighted by molar-refractivity contribution is 9.10. The number of hydrogen-bond donors (Lipinski definition) is 1. The lowest BCUT2D eigenvalue weighted by Gasteiger charge is -2.05. The summed E-state index contributed by atoms with van der Waals surface area (Å²) in [5.74, 6) is -0.0671. The van der Waals surface area contributed by atoms with Crippen LogP contribution >= 0.6 is 31.9 Å². The molecule has 0 saturated heterocycles. The van der Waals surface area contributed by atoms with Crippen molar-refractivity contribution in [3.8, 4) is 0 Å². The third-order valence-corrected chi connectivity index (χ3v) is 3.39. The fourth-order valence-corrected chi connectivity index (χ4v) is 2.14. The number of nitrogens with two attached hydrogens (primary N) is 1. The zero-order chi connectivity index (χ0) is 12.4. The Bertz CT molecular complexity index is 564. The monoisotopic (exact) mass is 353 g/mol. The van der Waals surface area contributed by atoms with Crippen LogP contribution in [0.2, 0.25) is 0 Å². The highest BCUT2D eigenvalue weighted by Crippen LogP contribution is 2.22. The van der Waals surface area contributed by atoms with Crippen molar-refractivity contribution in [2.75, 3.05) is 5.73 Å². The highest BCUT2D eigenvalue weighted by atomic mass is 79.9. The molecule has 0 bridgehead atoms. The van der Waals surface area contributed by atoms with Gasteiger partial charge in [-0.15, -0.1) is 0 Å². The molecule has 2 N–H and O–H groups in total. The number of carbonyl (C=O) groups is 1. The average Bonchev–Trinajstić information content (AvgIpc) is 2.29. The summed E-state index contributed by atoms with van der Waals surface area (Å²) in [5, 5.41) is 0. The minimum atomic E-state index is -0.0671. The van der Waals surface area contributed by atoms with Gasteiger partial charge in [-0.05, 0) is 42.5 Å². The summed E-state index contributed by atoms with van der Waals surface area (Å²) in [5.41, 5.74) is 7.46. The molecule has 17 heavy (non-hydrogen) atoms. The molecule has 0 aliphatic heterocycles. The van der Waals surface area contributed by atoms with Crippen molar-refractivity contribution in [1.29, 1.82) is 0 Å². The van der Waals surface area contributed by atoms with Gasteiger partial charge in [0, 0.05) is 25.8 Å². The molecule has 2 aromatic carbocycles. The number of benzene rings is 2. The Balaban J connectivity index is 2.40. The van der Waals surface area contributed by atoms with Gasteiger partial charge in [-0.25, -0.2) is 0 Å². The molecule has 0 radical (unpaired) electrons. The van der Waals surface area contributed by atoms with E-state index >= 15 is 0 Å². The van der Waals surface area contributed by atoms with Gasteiger partial charge < -0.3 is 5.73 Å². The maximum absolute atomic E-state index is 12.2. The fraction of sp³-hybridized carbons (Fsp3) is 0. The van der Waals surface area contributed by atoms with E-state index in [4.69, 9.17) is 5.73 Å². The quantitative estimate of drug-likeness (QED) is 0.653. The number of rotatable bonds is 2. The molecule has 2 nitrogen and oxygen atoms in total. The van der Waals surface area contributed by atoms with Crippen LogP contribution in [0.25, 0.3) is 0 Å². The van der Waals surface area contributed by atoms with Crippen LogP contribution in [-0.2, 0) is 0 Å². The zero-order valence-electron chi connectivity index (χ0n) is 8.78. The molecule has 0 aliphatic carbocycles. The molecule has 86 valence electrons. The highest BCUT2D eigenvalue weighted by Gasteiger charge is 2.12. The molecular weight excluding hydrogens is 346 g/mol. The van der Waals surface area contributed by atoms with E-state index in [9.17, 15) is 4.79 Å². The van der Waals surface area contributed by atoms with Crippen LogP contribution in [0.15, 0.2) is 51.4 Å². The second kappa shape index (κ2) is 5.02. The lowest BCUT2D eigenvalue weighted by molar-refractivity contribution is 0.103. The first-order chi connectivity index (χ1) is 8.08. The topological polar surface area (TPSA) is 43.1 Å². The Morgan fingerprint density at radius 1 is 0.941 bits per heavy atom. The first-order valence-electron chi connectivity index (χ1n) is 4.93. The van der Waals surface area contributed by atoms with Crippen LogP contribution in [0.1, 0.15) is 15.9 Å². The smallest absolute Gasteiger partial charge is 0.195 e. The second-order valence-corrected chi connectivity index (χ2v) is 5.40. The molecule has 2 rings (SSSR count). The Labute approximate surface area is 116 Å². The van der Waals surface area contributed by atoms with E-state index in [2.05, 4.69) is 31.9 Å². The van der Waals surface area contributed by atoms with Crippen LogP contribution in [0.3, 0.4) is 0 Å². The van der Waals surface area contributed by atoms with Crippen molar-refractivity contribution >= 4 is 43.3 Å². The summed E-state index contributed by atoms with van der Waals surface area (Å²) in [6.07, 6.45) is 0. The lowest BCUT2D eigenvalue weighted by atomic mass is 10.0. The number of ketones is 1. The van der Waals surface area contributed by atoms with Crippen molar-refractivity contribution < 1.29 is 4.79 Å². The van der Waals surface area contributed by atoms with Gasteiger partial charge in [0.25, 0.3) is 0 Å². The van der Waals surface area contributed by atoms with Gasteiger partial charge in [-0.2, -0.15) is 0 Å². The van der Waals surface area contributed by atoms with Crippen LogP contribution in [-0.4, -0.2) is 5.78 Å². The minimum absolute atomic E-state index is 0.0671. The van der Waals surface area contributed by atoms with Crippen molar-refractivity contribution in [2.24, 2.45) is 0 Å². The average molecular weight is 355 g/mol. The molecule has 0 unspecified atom stereocenters. The third kappa shape index (κ3) is 2.76. The minimum Gasteiger partial charge on any atom is -0.398 e. The molecule has 4 heteroatoms. The maximum atomic E-state index is 12.2. The van der Waals surface area contributed by atoms with Crippen molar-refractivity contribution in [2.45, 2.75) is 0 Å². The number of anilines is 1. The zero-order valence-corrected chi connectivity index (χ0v) is 12.0. The normalized spacial score (nSPS) is 10.2. The predicted octanol–water partition coefficient (Wildman–Crippen LogP) is 4.02. The molecule has 0 aromatic heterocycles. The van der Waals surface area contributed by atoms with Crippen molar-refractivity contribution in [1.82, 2.24) is 0 Å².